The Bertz CT molecular complexity index is 563. The molecule has 2 rings (SSSR count). The number of aryl methyl sites for hydroxylation is 1. The lowest BCUT2D eigenvalue weighted by Gasteiger charge is -2.34. The van der Waals surface area contributed by atoms with Crippen molar-refractivity contribution in [2.45, 2.75) is 19.2 Å². The minimum atomic E-state index is -4.53. The van der Waals surface area contributed by atoms with Gasteiger partial charge in [0.2, 0.25) is 0 Å². The van der Waals surface area contributed by atoms with E-state index < -0.39 is 18.0 Å². The molecule has 6 nitrogen and oxygen atoms in total. The van der Waals surface area contributed by atoms with E-state index >= 15 is 0 Å². The number of morpholine rings is 1. The number of ether oxygens (including phenoxy) is 1. The van der Waals surface area contributed by atoms with Crippen molar-refractivity contribution in [1.29, 1.82) is 0 Å². The fourth-order valence-corrected chi connectivity index (χ4v) is 2.15. The number of halogens is 3. The van der Waals surface area contributed by atoms with Gasteiger partial charge in [0.1, 0.15) is 17.3 Å². The molecule has 1 aliphatic heterocycles. The van der Waals surface area contributed by atoms with Crippen LogP contribution in [0.4, 0.5) is 19.0 Å². The van der Waals surface area contributed by atoms with Gasteiger partial charge in [-0.3, -0.25) is 4.79 Å². The summed E-state index contributed by atoms with van der Waals surface area (Å²) >= 11 is 0. The number of carbonyl (C=O) groups excluding carboxylic acids is 1. The lowest BCUT2D eigenvalue weighted by atomic mass is 10.2. The summed E-state index contributed by atoms with van der Waals surface area (Å²) in [4.78, 5) is 22.4. The lowest BCUT2D eigenvalue weighted by Crippen LogP contribution is -2.50. The van der Waals surface area contributed by atoms with Gasteiger partial charge in [-0.05, 0) is 6.92 Å². The highest BCUT2D eigenvalue weighted by atomic mass is 19.4. The van der Waals surface area contributed by atoms with E-state index in [4.69, 9.17) is 4.74 Å². The average Bonchev–Trinajstić information content (AvgIpc) is 2.45. The number of aromatic nitrogens is 2. The highest BCUT2D eigenvalue weighted by Crippen LogP contribution is 2.30. The Balaban J connectivity index is 2.24. The maximum absolute atomic E-state index is 12.8. The van der Waals surface area contributed by atoms with Crippen molar-refractivity contribution < 1.29 is 22.7 Å². The van der Waals surface area contributed by atoms with Crippen LogP contribution in [-0.2, 0) is 15.7 Å². The van der Waals surface area contributed by atoms with Crippen LogP contribution in [0.15, 0.2) is 6.07 Å². The van der Waals surface area contributed by atoms with Crippen molar-refractivity contribution >= 4 is 11.7 Å². The minimum absolute atomic E-state index is 0.0341. The number of nitrogens with zero attached hydrogens (tertiary/aromatic N) is 4. The predicted octanol–water partition coefficient (Wildman–Crippen LogP) is 1.10. The first-order valence-electron chi connectivity index (χ1n) is 6.69. The molecule has 0 spiro atoms. The Morgan fingerprint density at radius 1 is 1.41 bits per heavy atom. The van der Waals surface area contributed by atoms with Crippen LogP contribution in [0.2, 0.25) is 0 Å². The van der Waals surface area contributed by atoms with Crippen molar-refractivity contribution in [3.63, 3.8) is 0 Å². The van der Waals surface area contributed by atoms with Crippen LogP contribution in [0.1, 0.15) is 11.5 Å². The molecule has 1 saturated heterocycles. The number of hydrogen-bond acceptors (Lipinski definition) is 5. The molecule has 1 fully saturated rings. The molecular weight excluding hydrogens is 301 g/mol. The van der Waals surface area contributed by atoms with Crippen LogP contribution >= 0.6 is 0 Å². The maximum atomic E-state index is 12.8. The fraction of sp³-hybridized carbons (Fsp3) is 0.615. The number of anilines is 1. The van der Waals surface area contributed by atoms with Gasteiger partial charge in [-0.15, -0.1) is 0 Å². The standard InChI is InChI=1S/C13H17F3N4O2/c1-8-17-10(13(14,15)16)6-11(18-8)20-4-5-22-9(7-20)12(21)19(2)3/h6,9H,4-5,7H2,1-3H3. The molecule has 0 bridgehead atoms. The van der Waals surface area contributed by atoms with E-state index in [2.05, 4.69) is 9.97 Å². The van der Waals surface area contributed by atoms with Crippen molar-refractivity contribution in [3.05, 3.63) is 17.6 Å². The molecule has 22 heavy (non-hydrogen) atoms. The second-order valence-electron chi connectivity index (χ2n) is 5.19. The Morgan fingerprint density at radius 3 is 2.68 bits per heavy atom. The van der Waals surface area contributed by atoms with Gasteiger partial charge in [0.05, 0.1) is 13.2 Å². The van der Waals surface area contributed by atoms with Crippen LogP contribution in [0, 0.1) is 6.92 Å². The van der Waals surface area contributed by atoms with Crippen LogP contribution in [0.25, 0.3) is 0 Å². The van der Waals surface area contributed by atoms with E-state index in [-0.39, 0.29) is 30.7 Å². The molecule has 0 aliphatic carbocycles. The van der Waals surface area contributed by atoms with Gasteiger partial charge < -0.3 is 14.5 Å². The lowest BCUT2D eigenvalue weighted by molar-refractivity contribution is -0.142. The summed E-state index contributed by atoms with van der Waals surface area (Å²) in [5.74, 6) is -0.0435. The van der Waals surface area contributed by atoms with Gasteiger partial charge in [0, 0.05) is 26.7 Å². The molecule has 1 aromatic heterocycles. The van der Waals surface area contributed by atoms with Crippen LogP contribution in [0.5, 0.6) is 0 Å². The molecule has 1 amide bonds. The molecule has 0 saturated carbocycles. The Hall–Kier alpha value is -1.90. The summed E-state index contributed by atoms with van der Waals surface area (Å²) in [5.41, 5.74) is -0.989. The van der Waals surface area contributed by atoms with Gasteiger partial charge in [-0.25, -0.2) is 9.97 Å². The summed E-state index contributed by atoms with van der Waals surface area (Å²) in [5, 5.41) is 0. The van der Waals surface area contributed by atoms with Crippen LogP contribution in [-0.4, -0.2) is 60.7 Å². The van der Waals surface area contributed by atoms with Crippen LogP contribution in [0.3, 0.4) is 0 Å². The topological polar surface area (TPSA) is 58.6 Å². The highest BCUT2D eigenvalue weighted by Gasteiger charge is 2.35. The fourth-order valence-electron chi connectivity index (χ4n) is 2.15. The first-order chi connectivity index (χ1) is 10.2. The first kappa shape index (κ1) is 16.5. The second-order valence-corrected chi connectivity index (χ2v) is 5.19. The second kappa shape index (κ2) is 6.07. The third-order valence-electron chi connectivity index (χ3n) is 3.22. The number of likely N-dealkylation sites (N-methyl/N-ethyl adjacent to an activating group) is 1. The monoisotopic (exact) mass is 318 g/mol. The number of hydrogen-bond donors (Lipinski definition) is 0. The SMILES string of the molecule is Cc1nc(N2CCOC(C(=O)N(C)C)C2)cc(C(F)(F)F)n1. The molecule has 1 atom stereocenters. The molecule has 9 heteroatoms. The normalized spacial score (nSPS) is 19.2. The average molecular weight is 318 g/mol. The molecule has 122 valence electrons. The number of amides is 1. The zero-order chi connectivity index (χ0) is 16.5. The number of alkyl halides is 3. The summed E-state index contributed by atoms with van der Waals surface area (Å²) < 4.78 is 43.9. The summed E-state index contributed by atoms with van der Waals surface area (Å²) in [7, 11) is 3.20. The van der Waals surface area contributed by atoms with Crippen molar-refractivity contribution in [1.82, 2.24) is 14.9 Å². The zero-order valence-electron chi connectivity index (χ0n) is 12.5. The molecule has 1 aliphatic rings. The predicted molar refractivity (Wildman–Crippen MR) is 72.4 cm³/mol. The van der Waals surface area contributed by atoms with Gasteiger partial charge in [-0.1, -0.05) is 0 Å². The summed E-state index contributed by atoms with van der Waals surface area (Å²) in [6.45, 7) is 2.17. The molecule has 1 unspecified atom stereocenters. The van der Waals surface area contributed by atoms with Crippen LogP contribution < -0.4 is 4.90 Å². The zero-order valence-corrected chi connectivity index (χ0v) is 12.5. The molecule has 0 N–H and O–H groups in total. The van der Waals surface area contributed by atoms with Crippen molar-refractivity contribution in [3.8, 4) is 0 Å². The Kier molecular flexibility index (Phi) is 4.55. The van der Waals surface area contributed by atoms with E-state index in [0.717, 1.165) is 6.07 Å². The van der Waals surface area contributed by atoms with E-state index in [1.54, 1.807) is 19.0 Å². The molecule has 2 heterocycles. The Morgan fingerprint density at radius 2 is 2.09 bits per heavy atom. The van der Waals surface area contributed by atoms with E-state index in [1.165, 1.54) is 11.8 Å². The molecule has 0 aromatic carbocycles. The maximum Gasteiger partial charge on any atom is 0.433 e. The Labute approximate surface area is 125 Å². The van der Waals surface area contributed by atoms with Gasteiger partial charge in [0.25, 0.3) is 5.91 Å². The summed E-state index contributed by atoms with van der Waals surface area (Å²) in [6.07, 6.45) is -5.25. The van der Waals surface area contributed by atoms with E-state index in [0.29, 0.717) is 6.54 Å². The summed E-state index contributed by atoms with van der Waals surface area (Å²) in [6, 6.07) is 0.898. The van der Waals surface area contributed by atoms with Gasteiger partial charge in [0.15, 0.2) is 6.10 Å². The minimum Gasteiger partial charge on any atom is -0.365 e. The largest absolute Gasteiger partial charge is 0.433 e. The smallest absolute Gasteiger partial charge is 0.365 e. The molecular formula is C13H17F3N4O2. The molecule has 1 aromatic rings. The number of carbonyl (C=O) groups is 1. The van der Waals surface area contributed by atoms with Crippen molar-refractivity contribution in [2.75, 3.05) is 38.7 Å². The first-order valence-corrected chi connectivity index (χ1v) is 6.69. The van der Waals surface area contributed by atoms with Crippen molar-refractivity contribution in [2.24, 2.45) is 0 Å². The molecule has 0 radical (unpaired) electrons. The quantitative estimate of drug-likeness (QED) is 0.817. The number of rotatable bonds is 2. The highest BCUT2D eigenvalue weighted by molar-refractivity contribution is 5.81. The third-order valence-corrected chi connectivity index (χ3v) is 3.22. The third kappa shape index (κ3) is 3.65. The van der Waals surface area contributed by atoms with Gasteiger partial charge in [-0.2, -0.15) is 13.2 Å². The van der Waals surface area contributed by atoms with E-state index in [9.17, 15) is 18.0 Å². The van der Waals surface area contributed by atoms with Gasteiger partial charge >= 0.3 is 6.18 Å². The van der Waals surface area contributed by atoms with E-state index in [1.807, 2.05) is 0 Å².